The largest absolute Gasteiger partial charge is 0.241 e. The quantitative estimate of drug-likeness (QED) is 0.929. The fourth-order valence-corrected chi connectivity index (χ4v) is 2.63. The highest BCUT2D eigenvalue weighted by Gasteiger charge is 2.25. The van der Waals surface area contributed by atoms with Crippen LogP contribution in [0.3, 0.4) is 0 Å². The predicted octanol–water partition coefficient (Wildman–Crippen LogP) is 2.03. The van der Waals surface area contributed by atoms with E-state index in [0.29, 0.717) is 0 Å². The highest BCUT2D eigenvalue weighted by atomic mass is 79.9. The van der Waals surface area contributed by atoms with Crippen molar-refractivity contribution in [2.45, 2.75) is 24.3 Å². The fraction of sp³-hybridized carbons (Fsp3) is 0.300. The van der Waals surface area contributed by atoms with Crippen LogP contribution >= 0.6 is 15.9 Å². The first-order chi connectivity index (χ1) is 7.27. The van der Waals surface area contributed by atoms with Crippen LogP contribution in [-0.4, -0.2) is 14.0 Å². The fourth-order valence-electron chi connectivity index (χ4n) is 1.03. The lowest BCUT2D eigenvalue weighted by Gasteiger charge is -2.17. The number of hydrogen-bond acceptors (Lipinski definition) is 3. The second-order valence-electron chi connectivity index (χ2n) is 3.80. The van der Waals surface area contributed by atoms with Crippen molar-refractivity contribution in [3.8, 4) is 6.07 Å². The monoisotopic (exact) mass is 302 g/mol. The van der Waals surface area contributed by atoms with E-state index in [0.717, 1.165) is 4.47 Å². The van der Waals surface area contributed by atoms with E-state index in [1.165, 1.54) is 26.0 Å². The number of nitriles is 1. The van der Waals surface area contributed by atoms with Gasteiger partial charge in [-0.2, -0.15) is 9.98 Å². The number of halogens is 1. The van der Waals surface area contributed by atoms with Gasteiger partial charge < -0.3 is 0 Å². The molecule has 1 N–H and O–H groups in total. The van der Waals surface area contributed by atoms with Gasteiger partial charge in [0.1, 0.15) is 5.54 Å². The topological polar surface area (TPSA) is 70.0 Å². The molecule has 1 rings (SSSR count). The second-order valence-corrected chi connectivity index (χ2v) is 6.39. The van der Waals surface area contributed by atoms with Gasteiger partial charge in [0.25, 0.3) is 0 Å². The van der Waals surface area contributed by atoms with Crippen LogP contribution in [0.1, 0.15) is 13.8 Å². The van der Waals surface area contributed by atoms with Crippen molar-refractivity contribution >= 4 is 26.0 Å². The molecule has 0 aliphatic rings. The average molecular weight is 303 g/mol. The van der Waals surface area contributed by atoms with Crippen molar-refractivity contribution in [2.24, 2.45) is 0 Å². The number of nitrogens with zero attached hydrogens (tertiary/aromatic N) is 1. The van der Waals surface area contributed by atoms with Crippen LogP contribution in [0.15, 0.2) is 33.6 Å². The molecule has 86 valence electrons. The Kier molecular flexibility index (Phi) is 3.73. The molecule has 6 heteroatoms. The number of benzene rings is 1. The predicted molar refractivity (Wildman–Crippen MR) is 64.2 cm³/mol. The van der Waals surface area contributed by atoms with Crippen LogP contribution < -0.4 is 4.72 Å². The van der Waals surface area contributed by atoms with E-state index in [9.17, 15) is 8.42 Å². The minimum atomic E-state index is -3.64. The summed E-state index contributed by atoms with van der Waals surface area (Å²) >= 11 is 3.22. The van der Waals surface area contributed by atoms with Crippen LogP contribution in [-0.2, 0) is 10.0 Å². The van der Waals surface area contributed by atoms with Gasteiger partial charge in [-0.25, -0.2) is 8.42 Å². The van der Waals surface area contributed by atoms with Gasteiger partial charge in [-0.15, -0.1) is 0 Å². The molecule has 16 heavy (non-hydrogen) atoms. The summed E-state index contributed by atoms with van der Waals surface area (Å²) in [5.74, 6) is 0. The molecule has 0 bridgehead atoms. The van der Waals surface area contributed by atoms with Crippen molar-refractivity contribution in [2.75, 3.05) is 0 Å². The van der Waals surface area contributed by atoms with Gasteiger partial charge >= 0.3 is 0 Å². The van der Waals surface area contributed by atoms with Crippen LogP contribution in [0, 0.1) is 11.3 Å². The Morgan fingerprint density at radius 1 is 1.31 bits per heavy atom. The first kappa shape index (κ1) is 13.2. The lowest BCUT2D eigenvalue weighted by molar-refractivity contribution is 0.535. The SMILES string of the molecule is CC(C)(C#N)NS(=O)(=O)c1ccc(Br)cc1. The molecule has 0 aliphatic heterocycles. The molecule has 0 aliphatic carbocycles. The Morgan fingerprint density at radius 2 is 1.81 bits per heavy atom. The molecule has 0 atom stereocenters. The third-order valence-corrected chi connectivity index (χ3v) is 3.99. The molecule has 0 spiro atoms. The van der Waals surface area contributed by atoms with E-state index < -0.39 is 15.6 Å². The third-order valence-electron chi connectivity index (χ3n) is 1.79. The van der Waals surface area contributed by atoms with Gasteiger partial charge in [0.05, 0.1) is 11.0 Å². The highest BCUT2D eigenvalue weighted by molar-refractivity contribution is 9.10. The van der Waals surface area contributed by atoms with Crippen molar-refractivity contribution in [1.82, 2.24) is 4.72 Å². The summed E-state index contributed by atoms with van der Waals surface area (Å²) in [6.07, 6.45) is 0. The van der Waals surface area contributed by atoms with Crippen LogP contribution in [0.4, 0.5) is 0 Å². The van der Waals surface area contributed by atoms with Crippen LogP contribution in [0.5, 0.6) is 0 Å². The minimum absolute atomic E-state index is 0.138. The van der Waals surface area contributed by atoms with E-state index in [2.05, 4.69) is 20.7 Å². The molecular weight excluding hydrogens is 292 g/mol. The zero-order valence-electron chi connectivity index (χ0n) is 8.86. The van der Waals surface area contributed by atoms with Crippen molar-refractivity contribution < 1.29 is 8.42 Å². The number of hydrogen-bond donors (Lipinski definition) is 1. The van der Waals surface area contributed by atoms with Gasteiger partial charge in [-0.1, -0.05) is 15.9 Å². The molecule has 0 unspecified atom stereocenters. The maximum absolute atomic E-state index is 11.8. The van der Waals surface area contributed by atoms with E-state index >= 15 is 0 Å². The summed E-state index contributed by atoms with van der Waals surface area (Å²) < 4.78 is 26.8. The Balaban J connectivity index is 3.05. The molecular formula is C10H11BrN2O2S. The Bertz CT molecular complexity index is 515. The lowest BCUT2D eigenvalue weighted by atomic mass is 10.1. The molecule has 0 aromatic heterocycles. The normalized spacial score (nSPS) is 12.1. The molecule has 1 aromatic carbocycles. The minimum Gasteiger partial charge on any atom is -0.207 e. The maximum Gasteiger partial charge on any atom is 0.241 e. The summed E-state index contributed by atoms with van der Waals surface area (Å²) in [6, 6.07) is 8.09. The summed E-state index contributed by atoms with van der Waals surface area (Å²) in [5, 5.41) is 8.76. The van der Waals surface area contributed by atoms with Crippen LogP contribution in [0.25, 0.3) is 0 Å². The van der Waals surface area contributed by atoms with Gasteiger partial charge in [0.15, 0.2) is 0 Å². The number of rotatable bonds is 3. The second kappa shape index (κ2) is 4.53. The van der Waals surface area contributed by atoms with Crippen molar-refractivity contribution in [3.63, 3.8) is 0 Å². The van der Waals surface area contributed by atoms with Gasteiger partial charge in [-0.05, 0) is 38.1 Å². The maximum atomic E-state index is 11.8. The van der Waals surface area contributed by atoms with E-state index in [1.54, 1.807) is 12.1 Å². The zero-order valence-corrected chi connectivity index (χ0v) is 11.3. The van der Waals surface area contributed by atoms with E-state index in [1.807, 2.05) is 6.07 Å². The Hall–Kier alpha value is -0.900. The molecule has 0 fully saturated rings. The molecule has 0 amide bonds. The van der Waals surface area contributed by atoms with Crippen molar-refractivity contribution in [1.29, 1.82) is 5.26 Å². The number of nitrogens with one attached hydrogen (secondary N) is 1. The first-order valence-corrected chi connectivity index (χ1v) is 6.75. The Labute approximate surface area is 103 Å². The molecule has 0 radical (unpaired) electrons. The van der Waals surface area contributed by atoms with Gasteiger partial charge in [0, 0.05) is 4.47 Å². The van der Waals surface area contributed by atoms with Gasteiger partial charge in [0.2, 0.25) is 10.0 Å². The lowest BCUT2D eigenvalue weighted by Crippen LogP contribution is -2.41. The standard InChI is InChI=1S/C10H11BrN2O2S/c1-10(2,7-12)13-16(14,15)9-5-3-8(11)4-6-9/h3-6,13H,1-2H3. The highest BCUT2D eigenvalue weighted by Crippen LogP contribution is 2.16. The molecule has 0 saturated heterocycles. The zero-order chi connectivity index (χ0) is 12.4. The Morgan fingerprint density at radius 3 is 2.25 bits per heavy atom. The molecule has 1 aromatic rings. The molecule has 0 saturated carbocycles. The average Bonchev–Trinajstić information content (AvgIpc) is 2.17. The van der Waals surface area contributed by atoms with Crippen molar-refractivity contribution in [3.05, 3.63) is 28.7 Å². The summed E-state index contributed by atoms with van der Waals surface area (Å²) in [6.45, 7) is 3.01. The van der Waals surface area contributed by atoms with E-state index in [-0.39, 0.29) is 4.90 Å². The summed E-state index contributed by atoms with van der Waals surface area (Å²) in [5.41, 5.74) is -1.12. The summed E-state index contributed by atoms with van der Waals surface area (Å²) in [7, 11) is -3.64. The first-order valence-electron chi connectivity index (χ1n) is 4.48. The van der Waals surface area contributed by atoms with Crippen LogP contribution in [0.2, 0.25) is 0 Å². The van der Waals surface area contributed by atoms with E-state index in [4.69, 9.17) is 5.26 Å². The molecule has 4 nitrogen and oxygen atoms in total. The molecule has 0 heterocycles. The number of sulfonamides is 1. The summed E-state index contributed by atoms with van der Waals surface area (Å²) in [4.78, 5) is 0.138. The van der Waals surface area contributed by atoms with Gasteiger partial charge in [-0.3, -0.25) is 0 Å². The smallest absolute Gasteiger partial charge is 0.207 e. The third kappa shape index (κ3) is 3.30.